The van der Waals surface area contributed by atoms with E-state index < -0.39 is 33.6 Å². The SMILES string of the molecule is O=C(NS(=O)(=O)C(CO)c1cccc(F)c1)c1ccc(CO)nc1. The van der Waals surface area contributed by atoms with Crippen LogP contribution in [-0.2, 0) is 16.6 Å². The smallest absolute Gasteiger partial charge is 0.266 e. The number of pyridine rings is 1. The Morgan fingerprint density at radius 3 is 2.54 bits per heavy atom. The highest BCUT2D eigenvalue weighted by molar-refractivity contribution is 7.90. The summed E-state index contributed by atoms with van der Waals surface area (Å²) in [5.41, 5.74) is 0.306. The summed E-state index contributed by atoms with van der Waals surface area (Å²) in [4.78, 5) is 15.8. The summed E-state index contributed by atoms with van der Waals surface area (Å²) in [7, 11) is -4.30. The van der Waals surface area contributed by atoms with Crippen LogP contribution in [0.2, 0.25) is 0 Å². The van der Waals surface area contributed by atoms with Gasteiger partial charge in [-0.05, 0) is 29.8 Å². The molecular formula is C15H15FN2O5S. The number of aliphatic hydroxyl groups is 2. The molecular weight excluding hydrogens is 339 g/mol. The molecule has 0 spiro atoms. The van der Waals surface area contributed by atoms with Gasteiger partial charge in [-0.1, -0.05) is 12.1 Å². The summed E-state index contributed by atoms with van der Waals surface area (Å²) in [5.74, 6) is -1.60. The highest BCUT2D eigenvalue weighted by atomic mass is 32.2. The normalized spacial score (nSPS) is 12.6. The monoisotopic (exact) mass is 354 g/mol. The zero-order valence-corrected chi connectivity index (χ0v) is 13.2. The van der Waals surface area contributed by atoms with Gasteiger partial charge in [-0.25, -0.2) is 17.5 Å². The van der Waals surface area contributed by atoms with Crippen molar-refractivity contribution < 1.29 is 27.8 Å². The van der Waals surface area contributed by atoms with Gasteiger partial charge in [0.15, 0.2) is 0 Å². The van der Waals surface area contributed by atoms with Crippen LogP contribution in [0.3, 0.4) is 0 Å². The number of halogens is 1. The zero-order chi connectivity index (χ0) is 17.7. The van der Waals surface area contributed by atoms with Gasteiger partial charge in [0, 0.05) is 6.20 Å². The third-order valence-electron chi connectivity index (χ3n) is 3.24. The van der Waals surface area contributed by atoms with E-state index in [1.807, 2.05) is 4.72 Å². The van der Waals surface area contributed by atoms with Crippen molar-refractivity contribution in [2.75, 3.05) is 6.61 Å². The lowest BCUT2D eigenvalue weighted by atomic mass is 10.1. The average molecular weight is 354 g/mol. The van der Waals surface area contributed by atoms with Crippen LogP contribution < -0.4 is 4.72 Å². The Labute approximate surface area is 137 Å². The molecule has 0 bridgehead atoms. The van der Waals surface area contributed by atoms with E-state index >= 15 is 0 Å². The fourth-order valence-corrected chi connectivity index (χ4v) is 3.22. The van der Waals surface area contributed by atoms with Crippen molar-refractivity contribution >= 4 is 15.9 Å². The molecule has 2 aromatic rings. The molecule has 0 radical (unpaired) electrons. The maximum Gasteiger partial charge on any atom is 0.266 e. The number of aromatic nitrogens is 1. The molecule has 2 rings (SSSR count). The van der Waals surface area contributed by atoms with Gasteiger partial charge in [0.1, 0.15) is 11.1 Å². The van der Waals surface area contributed by atoms with Gasteiger partial charge in [0.2, 0.25) is 10.0 Å². The number of hydrogen-bond acceptors (Lipinski definition) is 6. The van der Waals surface area contributed by atoms with Gasteiger partial charge in [0.25, 0.3) is 5.91 Å². The van der Waals surface area contributed by atoms with Crippen LogP contribution >= 0.6 is 0 Å². The highest BCUT2D eigenvalue weighted by Gasteiger charge is 2.29. The Kier molecular flexibility index (Phi) is 5.60. The van der Waals surface area contributed by atoms with E-state index in [0.29, 0.717) is 5.69 Å². The minimum atomic E-state index is -4.30. The van der Waals surface area contributed by atoms with Crippen LogP contribution in [0.1, 0.15) is 26.9 Å². The van der Waals surface area contributed by atoms with Crippen LogP contribution in [-0.4, -0.2) is 36.1 Å². The van der Waals surface area contributed by atoms with Gasteiger partial charge in [-0.15, -0.1) is 0 Å². The minimum absolute atomic E-state index is 0.0200. The van der Waals surface area contributed by atoms with Crippen LogP contribution in [0.5, 0.6) is 0 Å². The third-order valence-corrected chi connectivity index (χ3v) is 4.89. The third kappa shape index (κ3) is 4.13. The predicted octanol–water partition coefficient (Wildman–Crippen LogP) is 0.506. The number of amides is 1. The number of sulfonamides is 1. The van der Waals surface area contributed by atoms with E-state index in [9.17, 15) is 22.7 Å². The molecule has 128 valence electrons. The van der Waals surface area contributed by atoms with Crippen molar-refractivity contribution in [2.45, 2.75) is 11.9 Å². The lowest BCUT2D eigenvalue weighted by Crippen LogP contribution is -2.35. The van der Waals surface area contributed by atoms with Crippen molar-refractivity contribution in [2.24, 2.45) is 0 Å². The number of rotatable bonds is 6. The summed E-state index contributed by atoms with van der Waals surface area (Å²) in [6, 6.07) is 7.43. The second-order valence-electron chi connectivity index (χ2n) is 4.90. The number of carbonyl (C=O) groups excluding carboxylic acids is 1. The number of carbonyl (C=O) groups is 1. The first-order valence-corrected chi connectivity index (χ1v) is 8.40. The lowest BCUT2D eigenvalue weighted by Gasteiger charge is -2.16. The molecule has 9 heteroatoms. The average Bonchev–Trinajstić information content (AvgIpc) is 2.55. The molecule has 0 saturated heterocycles. The van der Waals surface area contributed by atoms with Gasteiger partial charge in [-0.2, -0.15) is 0 Å². The minimum Gasteiger partial charge on any atom is -0.395 e. The van der Waals surface area contributed by atoms with Gasteiger partial charge in [0.05, 0.1) is 24.5 Å². The lowest BCUT2D eigenvalue weighted by molar-refractivity contribution is 0.0980. The molecule has 1 atom stereocenters. The Hall–Kier alpha value is -2.36. The molecule has 0 aliphatic carbocycles. The second-order valence-corrected chi connectivity index (χ2v) is 6.76. The molecule has 1 aromatic heterocycles. The molecule has 0 aliphatic heterocycles. The first kappa shape index (κ1) is 18.0. The van der Waals surface area contributed by atoms with E-state index in [4.69, 9.17) is 5.11 Å². The Balaban J connectivity index is 2.23. The molecule has 1 unspecified atom stereocenters. The molecule has 24 heavy (non-hydrogen) atoms. The number of nitrogens with one attached hydrogen (secondary N) is 1. The highest BCUT2D eigenvalue weighted by Crippen LogP contribution is 2.22. The van der Waals surface area contributed by atoms with Gasteiger partial charge >= 0.3 is 0 Å². The summed E-state index contributed by atoms with van der Waals surface area (Å²) >= 11 is 0. The van der Waals surface area contributed by atoms with E-state index in [1.165, 1.54) is 24.3 Å². The van der Waals surface area contributed by atoms with Crippen molar-refractivity contribution in [1.82, 2.24) is 9.71 Å². The summed E-state index contributed by atoms with van der Waals surface area (Å²) in [6.45, 7) is -1.14. The zero-order valence-electron chi connectivity index (χ0n) is 12.4. The number of hydrogen-bond donors (Lipinski definition) is 3. The summed E-state index contributed by atoms with van der Waals surface area (Å²) < 4.78 is 39.7. The maximum atomic E-state index is 13.3. The molecule has 3 N–H and O–H groups in total. The first-order valence-electron chi connectivity index (χ1n) is 6.85. The van der Waals surface area contributed by atoms with Crippen molar-refractivity contribution in [3.05, 3.63) is 65.2 Å². The summed E-state index contributed by atoms with van der Waals surface area (Å²) in [6.07, 6.45) is 1.12. The Morgan fingerprint density at radius 1 is 1.25 bits per heavy atom. The standard InChI is InChI=1S/C15H15FN2O5S/c16-12-3-1-2-10(6-12)14(9-20)24(22,23)18-15(21)11-4-5-13(8-19)17-7-11/h1-7,14,19-20H,8-9H2,(H,18,21). The fourth-order valence-electron chi connectivity index (χ4n) is 2.00. The Bertz CT molecular complexity index is 824. The van der Waals surface area contributed by atoms with Crippen LogP contribution in [0, 0.1) is 5.82 Å². The molecule has 0 aliphatic rings. The Morgan fingerprint density at radius 2 is 2.00 bits per heavy atom. The fraction of sp³-hybridized carbons (Fsp3) is 0.200. The molecule has 7 nitrogen and oxygen atoms in total. The molecule has 0 fully saturated rings. The van der Waals surface area contributed by atoms with Crippen molar-refractivity contribution in [1.29, 1.82) is 0 Å². The summed E-state index contributed by atoms with van der Waals surface area (Å²) in [5, 5.41) is 16.8. The van der Waals surface area contributed by atoms with E-state index in [-0.39, 0.29) is 17.7 Å². The predicted molar refractivity (Wildman–Crippen MR) is 82.8 cm³/mol. The van der Waals surface area contributed by atoms with Crippen LogP contribution in [0.15, 0.2) is 42.6 Å². The molecule has 1 aromatic carbocycles. The maximum absolute atomic E-state index is 13.3. The number of nitrogens with zero attached hydrogens (tertiary/aromatic N) is 1. The van der Waals surface area contributed by atoms with Crippen molar-refractivity contribution in [3.63, 3.8) is 0 Å². The largest absolute Gasteiger partial charge is 0.395 e. The molecule has 1 heterocycles. The van der Waals surface area contributed by atoms with Crippen molar-refractivity contribution in [3.8, 4) is 0 Å². The number of benzene rings is 1. The van der Waals surface area contributed by atoms with Crippen LogP contribution in [0.4, 0.5) is 4.39 Å². The number of aliphatic hydroxyl groups excluding tert-OH is 2. The van der Waals surface area contributed by atoms with E-state index in [1.54, 1.807) is 0 Å². The molecule has 1 amide bonds. The van der Waals surface area contributed by atoms with Gasteiger partial charge < -0.3 is 10.2 Å². The van der Waals surface area contributed by atoms with E-state index in [0.717, 1.165) is 18.3 Å². The molecule has 0 saturated carbocycles. The first-order chi connectivity index (χ1) is 11.4. The van der Waals surface area contributed by atoms with E-state index in [2.05, 4.69) is 4.98 Å². The second kappa shape index (κ2) is 7.47. The van der Waals surface area contributed by atoms with Gasteiger partial charge in [-0.3, -0.25) is 9.78 Å². The topological polar surface area (TPSA) is 117 Å². The van der Waals surface area contributed by atoms with Crippen LogP contribution in [0.25, 0.3) is 0 Å². The quantitative estimate of drug-likeness (QED) is 0.696.